The fourth-order valence-electron chi connectivity index (χ4n) is 1.62. The van der Waals surface area contributed by atoms with E-state index in [-0.39, 0.29) is 4.88 Å². The Labute approximate surface area is 110 Å². The second kappa shape index (κ2) is 4.54. The minimum absolute atomic E-state index is 0.171. The molecule has 90 valence electrons. The summed E-state index contributed by atoms with van der Waals surface area (Å²) in [5.41, 5.74) is 7.00. The number of anilines is 1. The largest absolute Gasteiger partial charge is 0.477 e. The highest BCUT2D eigenvalue weighted by Gasteiger charge is 2.21. The maximum absolute atomic E-state index is 11.0. The van der Waals surface area contributed by atoms with Gasteiger partial charge < -0.3 is 15.3 Å². The summed E-state index contributed by atoms with van der Waals surface area (Å²) >= 11 is 4.37. The van der Waals surface area contributed by atoms with Crippen molar-refractivity contribution in [3.05, 3.63) is 27.2 Å². The van der Waals surface area contributed by atoms with Gasteiger partial charge in [0.25, 0.3) is 0 Å². The average Bonchev–Trinajstić information content (AvgIpc) is 2.82. The lowest BCUT2D eigenvalue weighted by atomic mass is 10.1. The third-order valence-electron chi connectivity index (χ3n) is 2.39. The second-order valence-corrected chi connectivity index (χ2v) is 5.22. The van der Waals surface area contributed by atoms with Crippen LogP contribution in [0.3, 0.4) is 0 Å². The topological polar surface area (TPSA) is 76.5 Å². The molecule has 2 rings (SSSR count). The van der Waals surface area contributed by atoms with Crippen molar-refractivity contribution in [1.82, 2.24) is 0 Å². The highest BCUT2D eigenvalue weighted by molar-refractivity contribution is 9.10. The molecule has 0 bridgehead atoms. The van der Waals surface area contributed by atoms with Crippen molar-refractivity contribution in [2.75, 3.05) is 5.73 Å². The van der Waals surface area contributed by atoms with Gasteiger partial charge in [-0.1, -0.05) is 6.92 Å². The maximum atomic E-state index is 11.0. The van der Waals surface area contributed by atoms with Gasteiger partial charge in [-0.25, -0.2) is 4.79 Å². The van der Waals surface area contributed by atoms with E-state index in [1.165, 1.54) is 0 Å². The molecule has 0 aliphatic rings. The number of nitrogen functional groups attached to an aromatic ring is 1. The van der Waals surface area contributed by atoms with Crippen LogP contribution in [-0.4, -0.2) is 11.1 Å². The van der Waals surface area contributed by atoms with E-state index in [1.54, 1.807) is 12.1 Å². The molecular formula is C11H10BrNO3S. The van der Waals surface area contributed by atoms with Crippen LogP contribution in [0.1, 0.15) is 22.2 Å². The highest BCUT2D eigenvalue weighted by atomic mass is 79.9. The SMILES string of the molecule is CCc1c(-c2ccc(Br)o2)sc(C(=O)O)c1N. The molecule has 0 saturated carbocycles. The zero-order valence-electron chi connectivity index (χ0n) is 8.99. The molecule has 2 aromatic rings. The van der Waals surface area contributed by atoms with Crippen molar-refractivity contribution in [1.29, 1.82) is 0 Å². The molecule has 2 heterocycles. The Balaban J connectivity index is 2.61. The van der Waals surface area contributed by atoms with E-state index in [0.717, 1.165) is 21.8 Å². The van der Waals surface area contributed by atoms with E-state index in [4.69, 9.17) is 15.3 Å². The molecule has 0 aliphatic heterocycles. The normalized spacial score (nSPS) is 10.7. The summed E-state index contributed by atoms with van der Waals surface area (Å²) in [6.07, 6.45) is 0.670. The predicted molar refractivity (Wildman–Crippen MR) is 70.5 cm³/mol. The van der Waals surface area contributed by atoms with E-state index in [9.17, 15) is 4.79 Å². The number of halogens is 1. The van der Waals surface area contributed by atoms with Crippen LogP contribution in [0.15, 0.2) is 21.2 Å². The standard InChI is InChI=1S/C11H10BrNO3S/c1-2-5-8(13)10(11(14)15)17-9(5)6-3-4-7(12)16-6/h3-4H,2,13H2,1H3,(H,14,15). The molecule has 6 heteroatoms. The summed E-state index contributed by atoms with van der Waals surface area (Å²) < 4.78 is 6.05. The van der Waals surface area contributed by atoms with Gasteiger partial charge in [0.2, 0.25) is 0 Å². The van der Waals surface area contributed by atoms with Crippen LogP contribution >= 0.6 is 27.3 Å². The maximum Gasteiger partial charge on any atom is 0.348 e. The first-order valence-corrected chi connectivity index (χ1v) is 6.55. The van der Waals surface area contributed by atoms with Gasteiger partial charge in [0, 0.05) is 0 Å². The van der Waals surface area contributed by atoms with Gasteiger partial charge in [-0.15, -0.1) is 11.3 Å². The molecular weight excluding hydrogens is 306 g/mol. The number of thiophene rings is 1. The van der Waals surface area contributed by atoms with E-state index >= 15 is 0 Å². The minimum atomic E-state index is -1.00. The van der Waals surface area contributed by atoms with Crippen LogP contribution in [0.25, 0.3) is 10.6 Å². The fraction of sp³-hybridized carbons (Fsp3) is 0.182. The Morgan fingerprint density at radius 1 is 1.59 bits per heavy atom. The second-order valence-electron chi connectivity index (χ2n) is 3.42. The zero-order valence-corrected chi connectivity index (χ0v) is 11.4. The van der Waals surface area contributed by atoms with Crippen molar-refractivity contribution < 1.29 is 14.3 Å². The molecule has 4 nitrogen and oxygen atoms in total. The van der Waals surface area contributed by atoms with Crippen molar-refractivity contribution >= 4 is 38.9 Å². The number of rotatable bonds is 3. The van der Waals surface area contributed by atoms with Crippen LogP contribution < -0.4 is 5.73 Å². The zero-order chi connectivity index (χ0) is 12.6. The van der Waals surface area contributed by atoms with Crippen LogP contribution in [0.5, 0.6) is 0 Å². The van der Waals surface area contributed by atoms with E-state index < -0.39 is 5.97 Å². The van der Waals surface area contributed by atoms with Gasteiger partial charge >= 0.3 is 5.97 Å². The lowest BCUT2D eigenvalue weighted by molar-refractivity contribution is 0.0703. The van der Waals surface area contributed by atoms with E-state index in [0.29, 0.717) is 22.5 Å². The number of carbonyl (C=O) groups is 1. The van der Waals surface area contributed by atoms with Gasteiger partial charge in [0.05, 0.1) is 10.6 Å². The number of carboxylic acids is 1. The molecule has 0 aliphatic carbocycles. The summed E-state index contributed by atoms with van der Waals surface area (Å²) in [7, 11) is 0. The monoisotopic (exact) mass is 315 g/mol. The molecule has 0 radical (unpaired) electrons. The number of carboxylic acid groups (broad SMARTS) is 1. The molecule has 0 saturated heterocycles. The van der Waals surface area contributed by atoms with Crippen LogP contribution in [-0.2, 0) is 6.42 Å². The molecule has 3 N–H and O–H groups in total. The van der Waals surface area contributed by atoms with Crippen LogP contribution in [0.2, 0.25) is 0 Å². The van der Waals surface area contributed by atoms with Crippen molar-refractivity contribution in [2.45, 2.75) is 13.3 Å². The molecule has 0 spiro atoms. The quantitative estimate of drug-likeness (QED) is 0.907. The molecule has 0 atom stereocenters. The summed E-state index contributed by atoms with van der Waals surface area (Å²) in [6.45, 7) is 1.94. The lowest BCUT2D eigenvalue weighted by Crippen LogP contribution is -1.99. The predicted octanol–water partition coefficient (Wildman–Crippen LogP) is 3.61. The van der Waals surface area contributed by atoms with Crippen molar-refractivity contribution in [3.8, 4) is 10.6 Å². The smallest absolute Gasteiger partial charge is 0.348 e. The van der Waals surface area contributed by atoms with Crippen molar-refractivity contribution in [3.63, 3.8) is 0 Å². The Morgan fingerprint density at radius 2 is 2.29 bits per heavy atom. The number of hydrogen-bond donors (Lipinski definition) is 2. The highest BCUT2D eigenvalue weighted by Crippen LogP contribution is 2.40. The van der Waals surface area contributed by atoms with Gasteiger partial charge in [0.1, 0.15) is 10.6 Å². The number of nitrogens with two attached hydrogens (primary N) is 1. The molecule has 2 aromatic heterocycles. The number of aromatic carboxylic acids is 1. The first kappa shape index (κ1) is 12.2. The van der Waals surface area contributed by atoms with Crippen molar-refractivity contribution in [2.24, 2.45) is 0 Å². The molecule has 0 unspecified atom stereocenters. The Morgan fingerprint density at radius 3 is 2.76 bits per heavy atom. The Hall–Kier alpha value is -1.27. The Bertz CT molecular complexity index is 573. The van der Waals surface area contributed by atoms with Gasteiger partial charge in [-0.3, -0.25) is 0 Å². The molecule has 0 amide bonds. The first-order valence-electron chi connectivity index (χ1n) is 4.94. The van der Waals surface area contributed by atoms with Gasteiger partial charge in [-0.2, -0.15) is 0 Å². The van der Waals surface area contributed by atoms with Gasteiger partial charge in [-0.05, 0) is 40.0 Å². The van der Waals surface area contributed by atoms with Gasteiger partial charge in [0.15, 0.2) is 4.67 Å². The molecule has 0 fully saturated rings. The summed E-state index contributed by atoms with van der Waals surface area (Å²) in [5.74, 6) is -0.364. The third-order valence-corrected chi connectivity index (χ3v) is 4.07. The average molecular weight is 316 g/mol. The van der Waals surface area contributed by atoms with E-state index in [2.05, 4.69) is 15.9 Å². The fourth-order valence-corrected chi connectivity index (χ4v) is 3.04. The number of hydrogen-bond acceptors (Lipinski definition) is 4. The summed E-state index contributed by atoms with van der Waals surface area (Å²) in [4.78, 5) is 12.0. The lowest BCUT2D eigenvalue weighted by Gasteiger charge is -1.98. The summed E-state index contributed by atoms with van der Waals surface area (Å²) in [6, 6.07) is 3.56. The molecule has 17 heavy (non-hydrogen) atoms. The third kappa shape index (κ3) is 2.10. The number of furan rings is 1. The minimum Gasteiger partial charge on any atom is -0.477 e. The Kier molecular flexibility index (Phi) is 3.26. The van der Waals surface area contributed by atoms with Crippen LogP contribution in [0.4, 0.5) is 5.69 Å². The molecule has 0 aromatic carbocycles. The van der Waals surface area contributed by atoms with E-state index in [1.807, 2.05) is 6.92 Å². The first-order chi connectivity index (χ1) is 8.04. The summed E-state index contributed by atoms with van der Waals surface area (Å²) in [5, 5.41) is 9.04. The van der Waals surface area contributed by atoms with Crippen LogP contribution in [0, 0.1) is 0 Å².